The molecule has 2 amide bonds. The Morgan fingerprint density at radius 3 is 2.43 bits per heavy atom. The van der Waals surface area contributed by atoms with Gasteiger partial charge in [-0.25, -0.2) is 4.68 Å². The summed E-state index contributed by atoms with van der Waals surface area (Å²) in [4.78, 5) is 24.6. The van der Waals surface area contributed by atoms with E-state index >= 15 is 0 Å². The monoisotopic (exact) mass is 424 g/mol. The van der Waals surface area contributed by atoms with Crippen molar-refractivity contribution in [1.29, 1.82) is 0 Å². The van der Waals surface area contributed by atoms with Gasteiger partial charge in [-0.1, -0.05) is 37.0 Å². The van der Waals surface area contributed by atoms with Crippen LogP contribution in [0.25, 0.3) is 5.69 Å². The molecule has 28 heavy (non-hydrogen) atoms. The average Bonchev–Trinajstić information content (AvgIpc) is 2.84. The fourth-order valence-electron chi connectivity index (χ4n) is 3.34. The summed E-state index contributed by atoms with van der Waals surface area (Å²) in [6.07, 6.45) is 0.564. The van der Waals surface area contributed by atoms with Crippen LogP contribution in [-0.4, -0.2) is 27.1 Å². The molecule has 0 fully saturated rings. The van der Waals surface area contributed by atoms with Crippen molar-refractivity contribution >= 4 is 35.0 Å². The number of benzene rings is 1. The number of nitrogens with zero attached hydrogens (tertiary/aromatic N) is 2. The Bertz CT molecular complexity index is 908. The third-order valence-corrected chi connectivity index (χ3v) is 5.44. The fourth-order valence-corrected chi connectivity index (χ4v) is 3.63. The van der Waals surface area contributed by atoms with Gasteiger partial charge in [-0.15, -0.1) is 0 Å². The number of aryl methyl sites for hydroxylation is 1. The molecule has 1 aromatic heterocycles. The van der Waals surface area contributed by atoms with Crippen molar-refractivity contribution in [3.63, 3.8) is 0 Å². The summed E-state index contributed by atoms with van der Waals surface area (Å²) in [5, 5.41) is 8.22. The van der Waals surface area contributed by atoms with Gasteiger partial charge in [-0.3, -0.25) is 9.59 Å². The van der Waals surface area contributed by atoms with Crippen molar-refractivity contribution < 1.29 is 9.59 Å². The van der Waals surface area contributed by atoms with Gasteiger partial charge in [0.05, 0.1) is 27.8 Å². The van der Waals surface area contributed by atoms with Gasteiger partial charge in [0.2, 0.25) is 11.8 Å². The number of rotatable bonds is 7. The number of nitrogens with two attached hydrogens (primary N) is 1. The van der Waals surface area contributed by atoms with Gasteiger partial charge in [-0.2, -0.15) is 5.10 Å². The molecule has 2 rings (SSSR count). The Morgan fingerprint density at radius 2 is 1.89 bits per heavy atom. The van der Waals surface area contributed by atoms with Crippen LogP contribution >= 0.6 is 23.2 Å². The number of carbonyl (C=O) groups excluding carboxylic acids is 2. The van der Waals surface area contributed by atoms with Crippen LogP contribution in [0.1, 0.15) is 44.1 Å². The van der Waals surface area contributed by atoms with E-state index in [2.05, 4.69) is 10.4 Å². The molecule has 0 spiro atoms. The molecule has 3 N–H and O–H groups in total. The van der Waals surface area contributed by atoms with Gasteiger partial charge in [0.25, 0.3) is 0 Å². The molecule has 0 saturated heterocycles. The maximum atomic E-state index is 12.7. The number of amides is 2. The molecule has 0 aliphatic rings. The number of carbonyl (C=O) groups is 2. The lowest BCUT2D eigenvalue weighted by Gasteiger charge is -2.29. The summed E-state index contributed by atoms with van der Waals surface area (Å²) in [6, 6.07) is 5.23. The average molecular weight is 425 g/mol. The van der Waals surface area contributed by atoms with E-state index in [1.807, 2.05) is 33.8 Å². The van der Waals surface area contributed by atoms with Gasteiger partial charge in [-0.05, 0) is 51.3 Å². The molecular weight excluding hydrogens is 399 g/mol. The highest BCUT2D eigenvalue weighted by Gasteiger charge is 2.34. The number of primary amides is 1. The van der Waals surface area contributed by atoms with E-state index in [1.54, 1.807) is 23.7 Å². The molecule has 1 aromatic carbocycles. The number of halogens is 2. The molecule has 1 unspecified atom stereocenters. The highest BCUT2D eigenvalue weighted by atomic mass is 35.5. The van der Waals surface area contributed by atoms with Crippen LogP contribution in [0, 0.1) is 19.8 Å². The van der Waals surface area contributed by atoms with Crippen molar-refractivity contribution in [3.05, 3.63) is 45.2 Å². The molecule has 0 bridgehead atoms. The second kappa shape index (κ2) is 8.53. The first-order valence-corrected chi connectivity index (χ1v) is 9.81. The molecule has 0 aliphatic carbocycles. The quantitative estimate of drug-likeness (QED) is 0.708. The van der Waals surface area contributed by atoms with E-state index < -0.39 is 11.4 Å². The fraction of sp³-hybridized carbons (Fsp3) is 0.450. The zero-order valence-electron chi connectivity index (χ0n) is 16.8. The highest BCUT2D eigenvalue weighted by molar-refractivity contribution is 6.42. The van der Waals surface area contributed by atoms with Crippen molar-refractivity contribution in [2.75, 3.05) is 0 Å². The van der Waals surface area contributed by atoms with Gasteiger partial charge in [0.1, 0.15) is 5.54 Å². The normalized spacial score (nSPS) is 13.4. The number of hydrogen-bond acceptors (Lipinski definition) is 3. The first-order valence-electron chi connectivity index (χ1n) is 9.06. The van der Waals surface area contributed by atoms with Gasteiger partial charge >= 0.3 is 0 Å². The summed E-state index contributed by atoms with van der Waals surface area (Å²) >= 11 is 12.1. The minimum absolute atomic E-state index is 0.0972. The van der Waals surface area contributed by atoms with Crippen LogP contribution in [-0.2, 0) is 16.0 Å². The smallest absolute Gasteiger partial charge is 0.242 e. The molecule has 0 saturated carbocycles. The first-order chi connectivity index (χ1) is 12.9. The van der Waals surface area contributed by atoms with Gasteiger partial charge in [0, 0.05) is 11.3 Å². The second-order valence-electron chi connectivity index (χ2n) is 7.68. The predicted octanol–water partition coefficient (Wildman–Crippen LogP) is 3.74. The minimum Gasteiger partial charge on any atom is -0.368 e. The maximum absolute atomic E-state index is 12.7. The summed E-state index contributed by atoms with van der Waals surface area (Å²) in [6.45, 7) is 9.33. The minimum atomic E-state index is -1.09. The number of nitrogens with one attached hydrogen (secondary N) is 1. The van der Waals surface area contributed by atoms with Crippen LogP contribution in [0.5, 0.6) is 0 Å². The first kappa shape index (κ1) is 22.2. The van der Waals surface area contributed by atoms with Crippen molar-refractivity contribution in [2.24, 2.45) is 11.7 Å². The Morgan fingerprint density at radius 1 is 1.25 bits per heavy atom. The lowest BCUT2D eigenvalue weighted by molar-refractivity contribution is -0.131. The van der Waals surface area contributed by atoms with Crippen LogP contribution in [0.15, 0.2) is 18.2 Å². The van der Waals surface area contributed by atoms with Crippen molar-refractivity contribution in [2.45, 2.75) is 53.0 Å². The van der Waals surface area contributed by atoms with Crippen LogP contribution in [0.3, 0.4) is 0 Å². The zero-order chi connectivity index (χ0) is 21.2. The van der Waals surface area contributed by atoms with Gasteiger partial charge in [0.15, 0.2) is 0 Å². The summed E-state index contributed by atoms with van der Waals surface area (Å²) < 4.78 is 1.72. The van der Waals surface area contributed by atoms with Crippen molar-refractivity contribution in [3.8, 4) is 5.69 Å². The SMILES string of the molecule is Cc1nn(-c2ccc(Cl)c(Cl)c2)c(C)c1CC(=O)NC(C)(CC(C)C)C(N)=O. The number of aromatic nitrogens is 2. The third-order valence-electron chi connectivity index (χ3n) is 4.70. The predicted molar refractivity (Wildman–Crippen MR) is 112 cm³/mol. The summed E-state index contributed by atoms with van der Waals surface area (Å²) in [7, 11) is 0. The Hall–Kier alpha value is -2.05. The molecule has 8 heteroatoms. The molecule has 0 radical (unpaired) electrons. The maximum Gasteiger partial charge on any atom is 0.242 e. The van der Waals surface area contributed by atoms with E-state index in [0.29, 0.717) is 16.5 Å². The van der Waals surface area contributed by atoms with E-state index in [9.17, 15) is 9.59 Å². The van der Waals surface area contributed by atoms with Crippen LogP contribution in [0.2, 0.25) is 10.0 Å². The highest BCUT2D eigenvalue weighted by Crippen LogP contribution is 2.26. The molecular formula is C20H26Cl2N4O2. The molecule has 1 heterocycles. The van der Waals surface area contributed by atoms with Crippen LogP contribution in [0.4, 0.5) is 0 Å². The zero-order valence-corrected chi connectivity index (χ0v) is 18.3. The standard InChI is InChI=1S/C20H26Cl2N4O2/c1-11(2)10-20(5,19(23)28)24-18(27)9-15-12(3)25-26(13(15)4)14-6-7-16(21)17(22)8-14/h6-8,11H,9-10H2,1-5H3,(H2,23,28)(H,24,27). The van der Waals surface area contributed by atoms with E-state index in [4.69, 9.17) is 28.9 Å². The van der Waals surface area contributed by atoms with Crippen LogP contribution < -0.4 is 11.1 Å². The largest absolute Gasteiger partial charge is 0.368 e. The molecule has 0 aliphatic heterocycles. The Kier molecular flexibility index (Phi) is 6.78. The second-order valence-corrected chi connectivity index (χ2v) is 8.49. The third kappa shape index (κ3) is 4.86. The number of hydrogen-bond donors (Lipinski definition) is 2. The Balaban J connectivity index is 2.27. The van der Waals surface area contributed by atoms with Crippen molar-refractivity contribution in [1.82, 2.24) is 15.1 Å². The molecule has 152 valence electrons. The topological polar surface area (TPSA) is 90.0 Å². The molecule has 6 nitrogen and oxygen atoms in total. The van der Waals surface area contributed by atoms with Gasteiger partial charge < -0.3 is 11.1 Å². The molecule has 2 aromatic rings. The van der Waals surface area contributed by atoms with E-state index in [1.165, 1.54) is 0 Å². The Labute approximate surface area is 175 Å². The summed E-state index contributed by atoms with van der Waals surface area (Å²) in [5.41, 5.74) is 7.53. The summed E-state index contributed by atoms with van der Waals surface area (Å²) in [5.74, 6) is -0.616. The lowest BCUT2D eigenvalue weighted by Crippen LogP contribution is -2.56. The molecule has 1 atom stereocenters. The van der Waals surface area contributed by atoms with E-state index in [-0.39, 0.29) is 18.2 Å². The lowest BCUT2D eigenvalue weighted by atomic mass is 9.89. The van der Waals surface area contributed by atoms with E-state index in [0.717, 1.165) is 22.6 Å².